The molecule has 5 heteroatoms. The summed E-state index contributed by atoms with van der Waals surface area (Å²) in [6, 6.07) is 1.90. The normalized spacial score (nSPS) is 10.8. The van der Waals surface area contributed by atoms with Crippen LogP contribution in [0.4, 0.5) is 10.9 Å². The lowest BCUT2D eigenvalue weighted by molar-refractivity contribution is 1.15. The van der Waals surface area contributed by atoms with Gasteiger partial charge in [0.1, 0.15) is 4.83 Å². The number of nitrogens with one attached hydrogen (secondary N) is 2. The van der Waals surface area contributed by atoms with E-state index >= 15 is 0 Å². The molecule has 0 unspecified atom stereocenters. The number of H-pyrrole nitrogens is 1. The Morgan fingerprint density at radius 2 is 2.58 bits per heavy atom. The van der Waals surface area contributed by atoms with Crippen molar-refractivity contribution in [2.75, 3.05) is 17.6 Å². The number of rotatable bonds is 2. The fraction of sp³-hybridized carbons (Fsp3) is 0.286. The van der Waals surface area contributed by atoms with Gasteiger partial charge in [-0.1, -0.05) is 11.3 Å². The van der Waals surface area contributed by atoms with E-state index in [2.05, 4.69) is 15.3 Å². The standard InChI is InChI=1S/C7H10N4S/c1-2-9-7-10-4-3-5(8)12-6(4)11-7/h3H,2,8H2,1H3,(H2,9,10,11). The number of nitrogens with zero attached hydrogens (tertiary/aromatic N) is 1. The summed E-state index contributed by atoms with van der Waals surface area (Å²) in [6.07, 6.45) is 0. The van der Waals surface area contributed by atoms with E-state index in [9.17, 15) is 0 Å². The van der Waals surface area contributed by atoms with E-state index in [0.29, 0.717) is 0 Å². The van der Waals surface area contributed by atoms with E-state index in [-0.39, 0.29) is 0 Å². The van der Waals surface area contributed by atoms with Gasteiger partial charge in [-0.05, 0) is 13.0 Å². The van der Waals surface area contributed by atoms with Gasteiger partial charge < -0.3 is 16.0 Å². The number of nitrogen functional groups attached to an aromatic ring is 1. The summed E-state index contributed by atoms with van der Waals surface area (Å²) in [6.45, 7) is 2.90. The van der Waals surface area contributed by atoms with Crippen molar-refractivity contribution in [2.24, 2.45) is 0 Å². The van der Waals surface area contributed by atoms with Gasteiger partial charge in [-0.3, -0.25) is 0 Å². The molecule has 0 spiro atoms. The first-order chi connectivity index (χ1) is 5.79. The lowest BCUT2D eigenvalue weighted by atomic mass is 10.5. The number of aromatic nitrogens is 2. The molecular formula is C7H10N4S. The second kappa shape index (κ2) is 2.67. The maximum atomic E-state index is 5.60. The van der Waals surface area contributed by atoms with Crippen molar-refractivity contribution in [1.82, 2.24) is 9.97 Å². The van der Waals surface area contributed by atoms with Gasteiger partial charge in [-0.15, -0.1) is 0 Å². The lowest BCUT2D eigenvalue weighted by Gasteiger charge is -1.93. The Bertz CT molecular complexity index is 357. The first kappa shape index (κ1) is 7.42. The van der Waals surface area contributed by atoms with Crippen molar-refractivity contribution in [3.05, 3.63) is 6.07 Å². The Hall–Kier alpha value is -1.23. The second-order valence-corrected chi connectivity index (χ2v) is 3.55. The summed E-state index contributed by atoms with van der Waals surface area (Å²) in [5.41, 5.74) is 6.60. The minimum Gasteiger partial charge on any atom is -0.390 e. The van der Waals surface area contributed by atoms with Crippen LogP contribution < -0.4 is 11.1 Å². The van der Waals surface area contributed by atoms with Crippen LogP contribution in [0.5, 0.6) is 0 Å². The van der Waals surface area contributed by atoms with E-state index in [1.807, 2.05) is 13.0 Å². The van der Waals surface area contributed by atoms with Crippen LogP contribution in [0.1, 0.15) is 6.92 Å². The van der Waals surface area contributed by atoms with Crippen LogP contribution >= 0.6 is 11.3 Å². The second-order valence-electron chi connectivity index (χ2n) is 2.48. The van der Waals surface area contributed by atoms with Crippen molar-refractivity contribution in [2.45, 2.75) is 6.92 Å². The van der Waals surface area contributed by atoms with Gasteiger partial charge in [0.05, 0.1) is 10.5 Å². The first-order valence-electron chi connectivity index (χ1n) is 3.78. The molecule has 0 saturated carbocycles. The number of aromatic amines is 1. The molecular weight excluding hydrogens is 172 g/mol. The average molecular weight is 182 g/mol. The van der Waals surface area contributed by atoms with Crippen molar-refractivity contribution in [3.63, 3.8) is 0 Å². The molecule has 2 aromatic rings. The van der Waals surface area contributed by atoms with Crippen LogP contribution in [0, 0.1) is 0 Å². The molecule has 12 heavy (non-hydrogen) atoms. The molecule has 4 nitrogen and oxygen atoms in total. The van der Waals surface area contributed by atoms with Crippen molar-refractivity contribution in [1.29, 1.82) is 0 Å². The SMILES string of the molecule is CCNc1nc2sc(N)cc2[nH]1. The smallest absolute Gasteiger partial charge is 0.201 e. The zero-order valence-corrected chi connectivity index (χ0v) is 7.53. The molecule has 2 aromatic heterocycles. The monoisotopic (exact) mass is 182 g/mol. The van der Waals surface area contributed by atoms with Gasteiger partial charge >= 0.3 is 0 Å². The van der Waals surface area contributed by atoms with Crippen LogP contribution in [0.15, 0.2) is 6.07 Å². The van der Waals surface area contributed by atoms with Crippen LogP contribution in [0.25, 0.3) is 10.3 Å². The van der Waals surface area contributed by atoms with Crippen molar-refractivity contribution < 1.29 is 0 Å². The highest BCUT2D eigenvalue weighted by Gasteiger charge is 2.04. The third-order valence-corrected chi connectivity index (χ3v) is 2.40. The van der Waals surface area contributed by atoms with Gasteiger partial charge in [-0.25, -0.2) is 4.98 Å². The first-order valence-corrected chi connectivity index (χ1v) is 4.60. The molecule has 0 fully saturated rings. The fourth-order valence-electron chi connectivity index (χ4n) is 1.08. The molecule has 0 bridgehead atoms. The molecule has 0 saturated heterocycles. The minimum atomic E-state index is 0.798. The summed E-state index contributed by atoms with van der Waals surface area (Å²) in [5, 5.41) is 3.90. The highest BCUT2D eigenvalue weighted by molar-refractivity contribution is 7.22. The zero-order valence-electron chi connectivity index (χ0n) is 6.72. The summed E-state index contributed by atoms with van der Waals surface area (Å²) in [4.78, 5) is 8.38. The summed E-state index contributed by atoms with van der Waals surface area (Å²) in [5.74, 6) is 0.818. The van der Waals surface area contributed by atoms with E-state index in [0.717, 1.165) is 27.8 Å². The van der Waals surface area contributed by atoms with Crippen molar-refractivity contribution in [3.8, 4) is 0 Å². The number of imidazole rings is 1. The average Bonchev–Trinajstić information content (AvgIpc) is 2.44. The van der Waals surface area contributed by atoms with Gasteiger partial charge in [0, 0.05) is 6.54 Å². The van der Waals surface area contributed by atoms with Crippen LogP contribution in [-0.4, -0.2) is 16.5 Å². The Morgan fingerprint density at radius 3 is 3.25 bits per heavy atom. The fourth-order valence-corrected chi connectivity index (χ4v) is 1.84. The topological polar surface area (TPSA) is 66.7 Å². The molecule has 2 rings (SSSR count). The zero-order chi connectivity index (χ0) is 8.55. The number of thiophene rings is 1. The molecule has 0 radical (unpaired) electrons. The summed E-state index contributed by atoms with van der Waals surface area (Å²) >= 11 is 1.49. The minimum absolute atomic E-state index is 0.798. The molecule has 0 aliphatic carbocycles. The lowest BCUT2D eigenvalue weighted by Crippen LogP contribution is -1.97. The van der Waals surface area contributed by atoms with E-state index < -0.39 is 0 Å². The molecule has 0 atom stereocenters. The molecule has 4 N–H and O–H groups in total. The van der Waals surface area contributed by atoms with Gasteiger partial charge in [0.2, 0.25) is 5.95 Å². The maximum Gasteiger partial charge on any atom is 0.201 e. The number of nitrogens with two attached hydrogens (primary N) is 1. The van der Waals surface area contributed by atoms with Gasteiger partial charge in [-0.2, -0.15) is 0 Å². The van der Waals surface area contributed by atoms with Gasteiger partial charge in [0.15, 0.2) is 0 Å². The number of hydrogen-bond acceptors (Lipinski definition) is 4. The third kappa shape index (κ3) is 1.12. The van der Waals surface area contributed by atoms with E-state index in [1.54, 1.807) is 0 Å². The van der Waals surface area contributed by atoms with Crippen LogP contribution in [-0.2, 0) is 0 Å². The maximum absolute atomic E-state index is 5.60. The predicted molar refractivity (Wildman–Crippen MR) is 52.5 cm³/mol. The Balaban J connectivity index is 2.43. The molecule has 0 aromatic carbocycles. The molecule has 0 amide bonds. The van der Waals surface area contributed by atoms with Crippen molar-refractivity contribution >= 4 is 32.6 Å². The molecule has 0 aliphatic rings. The van der Waals surface area contributed by atoms with Gasteiger partial charge in [0.25, 0.3) is 0 Å². The summed E-state index contributed by atoms with van der Waals surface area (Å²) < 4.78 is 0. The van der Waals surface area contributed by atoms with Crippen LogP contribution in [0.2, 0.25) is 0 Å². The largest absolute Gasteiger partial charge is 0.390 e. The Labute approximate surface area is 73.8 Å². The van der Waals surface area contributed by atoms with E-state index in [1.165, 1.54) is 11.3 Å². The third-order valence-electron chi connectivity index (χ3n) is 1.54. The summed E-state index contributed by atoms with van der Waals surface area (Å²) in [7, 11) is 0. The number of hydrogen-bond donors (Lipinski definition) is 3. The molecule has 64 valence electrons. The highest BCUT2D eigenvalue weighted by Crippen LogP contribution is 2.26. The predicted octanol–water partition coefficient (Wildman–Crippen LogP) is 1.64. The number of fused-ring (bicyclic) bond motifs is 1. The van der Waals surface area contributed by atoms with Crippen LogP contribution in [0.3, 0.4) is 0 Å². The molecule has 2 heterocycles. The number of anilines is 2. The highest BCUT2D eigenvalue weighted by atomic mass is 32.1. The Kier molecular flexibility index (Phi) is 1.65. The van der Waals surface area contributed by atoms with E-state index in [4.69, 9.17) is 5.73 Å². The quantitative estimate of drug-likeness (QED) is 0.661. The Morgan fingerprint density at radius 1 is 1.75 bits per heavy atom. The molecule has 0 aliphatic heterocycles.